The molecular formula is C8H5BrFN3OS. The lowest BCUT2D eigenvalue weighted by molar-refractivity contribution is 0.620. The van der Waals surface area contributed by atoms with Crippen molar-refractivity contribution < 1.29 is 4.39 Å². The summed E-state index contributed by atoms with van der Waals surface area (Å²) in [6.07, 6.45) is 0. The Labute approximate surface area is 96.9 Å². The first-order valence-corrected chi connectivity index (χ1v) is 5.15. The van der Waals surface area contributed by atoms with Crippen LogP contribution in [0.15, 0.2) is 27.5 Å². The quantitative estimate of drug-likeness (QED) is 0.790. The van der Waals surface area contributed by atoms with Crippen molar-refractivity contribution in [3.8, 4) is 5.69 Å². The zero-order chi connectivity index (χ0) is 11.0. The van der Waals surface area contributed by atoms with Crippen LogP contribution in [0, 0.1) is 10.6 Å². The number of aromatic nitrogens is 3. The van der Waals surface area contributed by atoms with Crippen LogP contribution in [0.4, 0.5) is 4.39 Å². The molecule has 1 aromatic carbocycles. The van der Waals surface area contributed by atoms with Gasteiger partial charge in [-0.1, -0.05) is 0 Å². The number of nitrogens with zero attached hydrogens (tertiary/aromatic N) is 1. The van der Waals surface area contributed by atoms with Crippen molar-refractivity contribution in [1.29, 1.82) is 0 Å². The molecule has 0 radical (unpaired) electrons. The molecule has 0 spiro atoms. The van der Waals surface area contributed by atoms with Crippen LogP contribution in [-0.4, -0.2) is 14.8 Å². The van der Waals surface area contributed by atoms with Crippen LogP contribution in [0.25, 0.3) is 5.69 Å². The standard InChI is InChI=1S/C8H5BrFN3OS/c9-5-3-4(1-2-6(5)10)13-7(14)11-12-8(13)15/h1-3H,(H,11,14)(H,12,15). The number of H-pyrrole nitrogens is 2. The minimum atomic E-state index is -0.391. The van der Waals surface area contributed by atoms with Crippen molar-refractivity contribution in [2.75, 3.05) is 0 Å². The maximum absolute atomic E-state index is 13.0. The Morgan fingerprint density at radius 2 is 2.13 bits per heavy atom. The van der Waals surface area contributed by atoms with Crippen LogP contribution in [0.1, 0.15) is 0 Å². The molecule has 0 aliphatic carbocycles. The second-order valence-corrected chi connectivity index (χ2v) is 4.04. The van der Waals surface area contributed by atoms with Crippen molar-refractivity contribution in [3.05, 3.63) is 43.7 Å². The van der Waals surface area contributed by atoms with Gasteiger partial charge in [0.25, 0.3) is 0 Å². The van der Waals surface area contributed by atoms with E-state index in [-0.39, 0.29) is 9.24 Å². The summed E-state index contributed by atoms with van der Waals surface area (Å²) in [7, 11) is 0. The molecule has 1 heterocycles. The van der Waals surface area contributed by atoms with Crippen LogP contribution in [0.2, 0.25) is 0 Å². The molecule has 0 fully saturated rings. The Morgan fingerprint density at radius 1 is 1.40 bits per heavy atom. The summed E-state index contributed by atoms with van der Waals surface area (Å²) in [6, 6.07) is 4.21. The topological polar surface area (TPSA) is 53.6 Å². The Balaban J connectivity index is 2.70. The summed E-state index contributed by atoms with van der Waals surface area (Å²) >= 11 is 7.93. The highest BCUT2D eigenvalue weighted by Crippen LogP contribution is 2.18. The van der Waals surface area contributed by atoms with E-state index < -0.39 is 11.5 Å². The maximum Gasteiger partial charge on any atom is 0.347 e. The molecule has 0 saturated carbocycles. The lowest BCUT2D eigenvalue weighted by Crippen LogP contribution is -2.14. The average Bonchev–Trinajstić information content (AvgIpc) is 2.52. The van der Waals surface area contributed by atoms with Gasteiger partial charge in [-0.05, 0) is 46.3 Å². The number of hydrogen-bond donors (Lipinski definition) is 2. The van der Waals surface area contributed by atoms with Crippen LogP contribution in [0.3, 0.4) is 0 Å². The summed E-state index contributed by atoms with van der Waals surface area (Å²) in [5.41, 5.74) is 0.106. The Bertz CT molecular complexity index is 587. The van der Waals surface area contributed by atoms with E-state index in [1.807, 2.05) is 0 Å². The zero-order valence-corrected chi connectivity index (χ0v) is 9.65. The van der Waals surface area contributed by atoms with Crippen molar-refractivity contribution in [1.82, 2.24) is 14.8 Å². The number of rotatable bonds is 1. The SMILES string of the molecule is O=c1[nH][nH]c(=S)n1-c1ccc(F)c(Br)c1. The normalized spacial score (nSPS) is 10.5. The summed E-state index contributed by atoms with van der Waals surface area (Å²) in [6.45, 7) is 0. The minimum Gasteiger partial charge on any atom is -0.272 e. The lowest BCUT2D eigenvalue weighted by atomic mass is 10.3. The second kappa shape index (κ2) is 3.74. The first-order valence-electron chi connectivity index (χ1n) is 3.95. The highest BCUT2D eigenvalue weighted by atomic mass is 79.9. The molecule has 2 aromatic rings. The fourth-order valence-corrected chi connectivity index (χ4v) is 1.78. The van der Waals surface area contributed by atoms with E-state index in [0.29, 0.717) is 5.69 Å². The van der Waals surface area contributed by atoms with Gasteiger partial charge in [0, 0.05) is 0 Å². The predicted molar refractivity (Wildman–Crippen MR) is 59.2 cm³/mol. The van der Waals surface area contributed by atoms with Crippen LogP contribution in [0.5, 0.6) is 0 Å². The van der Waals surface area contributed by atoms with E-state index in [1.165, 1.54) is 22.8 Å². The molecule has 0 aliphatic heterocycles. The van der Waals surface area contributed by atoms with Gasteiger partial charge in [-0.15, -0.1) is 0 Å². The van der Waals surface area contributed by atoms with Gasteiger partial charge in [0.2, 0.25) is 4.77 Å². The van der Waals surface area contributed by atoms with Gasteiger partial charge in [0.05, 0.1) is 10.2 Å². The molecule has 0 aliphatic rings. The van der Waals surface area contributed by atoms with Crippen LogP contribution in [-0.2, 0) is 0 Å². The smallest absolute Gasteiger partial charge is 0.272 e. The molecule has 4 nitrogen and oxygen atoms in total. The molecule has 0 amide bonds. The van der Waals surface area contributed by atoms with E-state index in [1.54, 1.807) is 0 Å². The molecule has 2 N–H and O–H groups in total. The van der Waals surface area contributed by atoms with E-state index in [4.69, 9.17) is 12.2 Å². The van der Waals surface area contributed by atoms with Crippen molar-refractivity contribution in [2.45, 2.75) is 0 Å². The van der Waals surface area contributed by atoms with Crippen molar-refractivity contribution in [2.24, 2.45) is 0 Å². The number of benzene rings is 1. The average molecular weight is 290 g/mol. The third-order valence-electron chi connectivity index (χ3n) is 1.84. The highest BCUT2D eigenvalue weighted by molar-refractivity contribution is 9.10. The van der Waals surface area contributed by atoms with Crippen molar-refractivity contribution in [3.63, 3.8) is 0 Å². The van der Waals surface area contributed by atoms with Gasteiger partial charge in [-0.2, -0.15) is 0 Å². The lowest BCUT2D eigenvalue weighted by Gasteiger charge is -2.01. The Morgan fingerprint density at radius 3 is 2.67 bits per heavy atom. The minimum absolute atomic E-state index is 0.235. The molecule has 7 heteroatoms. The molecule has 0 bridgehead atoms. The van der Waals surface area contributed by atoms with Gasteiger partial charge >= 0.3 is 5.69 Å². The largest absolute Gasteiger partial charge is 0.347 e. The maximum atomic E-state index is 13.0. The highest BCUT2D eigenvalue weighted by Gasteiger charge is 2.06. The number of hydrogen-bond acceptors (Lipinski definition) is 2. The predicted octanol–water partition coefficient (Wildman–Crippen LogP) is 2.12. The molecule has 0 saturated heterocycles. The van der Waals surface area contributed by atoms with E-state index in [2.05, 4.69) is 26.1 Å². The number of aromatic amines is 2. The van der Waals surface area contributed by atoms with Crippen molar-refractivity contribution >= 4 is 28.1 Å². The van der Waals surface area contributed by atoms with Gasteiger partial charge in [0.1, 0.15) is 5.82 Å². The molecule has 0 atom stereocenters. The Hall–Kier alpha value is -1.21. The fraction of sp³-hybridized carbons (Fsp3) is 0. The fourth-order valence-electron chi connectivity index (χ4n) is 1.17. The summed E-state index contributed by atoms with van der Waals surface area (Å²) in [5.74, 6) is -0.391. The van der Waals surface area contributed by atoms with Gasteiger partial charge in [0.15, 0.2) is 0 Å². The second-order valence-electron chi connectivity index (χ2n) is 2.79. The zero-order valence-electron chi connectivity index (χ0n) is 7.25. The van der Waals surface area contributed by atoms with E-state index >= 15 is 0 Å². The van der Waals surface area contributed by atoms with Gasteiger partial charge in [-0.3, -0.25) is 5.10 Å². The summed E-state index contributed by atoms with van der Waals surface area (Å²) < 4.78 is 14.7. The van der Waals surface area contributed by atoms with Crippen LogP contribution < -0.4 is 5.69 Å². The summed E-state index contributed by atoms with van der Waals surface area (Å²) in [4.78, 5) is 11.3. The molecule has 0 unspecified atom stereocenters. The van der Waals surface area contributed by atoms with Crippen LogP contribution >= 0.6 is 28.1 Å². The first-order chi connectivity index (χ1) is 7.09. The number of nitrogens with one attached hydrogen (secondary N) is 2. The molecular weight excluding hydrogens is 285 g/mol. The molecule has 1 aromatic heterocycles. The monoisotopic (exact) mass is 289 g/mol. The van der Waals surface area contributed by atoms with Gasteiger partial charge in [-0.25, -0.2) is 18.9 Å². The van der Waals surface area contributed by atoms with E-state index in [9.17, 15) is 9.18 Å². The van der Waals surface area contributed by atoms with E-state index in [0.717, 1.165) is 0 Å². The third kappa shape index (κ3) is 1.80. The Kier molecular flexibility index (Phi) is 2.57. The summed E-state index contributed by atoms with van der Waals surface area (Å²) in [5, 5.41) is 4.84. The van der Waals surface area contributed by atoms with Gasteiger partial charge < -0.3 is 0 Å². The molecule has 2 rings (SSSR count). The first kappa shape index (κ1) is 10.3. The third-order valence-corrected chi connectivity index (χ3v) is 2.74. The number of halogens is 2. The molecule has 15 heavy (non-hydrogen) atoms. The molecule has 78 valence electrons.